The Morgan fingerprint density at radius 2 is 1.86 bits per heavy atom. The van der Waals surface area contributed by atoms with Crippen LogP contribution in [0, 0.1) is 13.8 Å². The van der Waals surface area contributed by atoms with Crippen molar-refractivity contribution in [2.75, 3.05) is 5.32 Å². The number of thioether (sulfide) groups is 1. The highest BCUT2D eigenvalue weighted by Crippen LogP contribution is 2.28. The summed E-state index contributed by atoms with van der Waals surface area (Å²) in [7, 11) is 0. The van der Waals surface area contributed by atoms with Crippen LogP contribution < -0.4 is 5.32 Å². The Labute approximate surface area is 141 Å². The van der Waals surface area contributed by atoms with Crippen LogP contribution in [0.15, 0.2) is 47.4 Å². The van der Waals surface area contributed by atoms with Crippen LogP contribution in [0.3, 0.4) is 0 Å². The number of carbonyl (C=O) groups excluding carboxylic acids is 1. The number of amides is 1. The minimum atomic E-state index is -0.123. The fraction of sp³-hybridized carbons (Fsp3) is 0.278. The second kappa shape index (κ2) is 7.70. The van der Waals surface area contributed by atoms with Crippen molar-refractivity contribution in [3.05, 3.63) is 58.6 Å². The lowest BCUT2D eigenvalue weighted by molar-refractivity contribution is -0.115. The van der Waals surface area contributed by atoms with E-state index >= 15 is 0 Å². The first-order valence-corrected chi connectivity index (χ1v) is 8.55. The molecule has 2 nitrogen and oxygen atoms in total. The number of aryl methyl sites for hydroxylation is 2. The van der Waals surface area contributed by atoms with Gasteiger partial charge in [-0.2, -0.15) is 0 Å². The summed E-state index contributed by atoms with van der Waals surface area (Å²) in [6.07, 6.45) is 0.768. The van der Waals surface area contributed by atoms with Crippen molar-refractivity contribution in [1.82, 2.24) is 0 Å². The van der Waals surface area contributed by atoms with E-state index in [1.54, 1.807) is 11.8 Å². The van der Waals surface area contributed by atoms with Gasteiger partial charge in [-0.3, -0.25) is 4.79 Å². The van der Waals surface area contributed by atoms with Gasteiger partial charge in [0.2, 0.25) is 5.91 Å². The lowest BCUT2D eigenvalue weighted by Gasteiger charge is -2.16. The molecule has 116 valence electrons. The van der Waals surface area contributed by atoms with Crippen molar-refractivity contribution in [3.63, 3.8) is 0 Å². The highest BCUT2D eigenvalue weighted by Gasteiger charge is 2.18. The number of rotatable bonds is 5. The molecule has 1 atom stereocenters. The summed E-state index contributed by atoms with van der Waals surface area (Å²) in [5.41, 5.74) is 3.16. The molecule has 2 rings (SSSR count). The van der Waals surface area contributed by atoms with E-state index in [1.165, 1.54) is 5.56 Å². The zero-order valence-corrected chi connectivity index (χ0v) is 14.6. The van der Waals surface area contributed by atoms with Gasteiger partial charge in [-0.25, -0.2) is 0 Å². The Bertz CT molecular complexity index is 655. The highest BCUT2D eigenvalue weighted by molar-refractivity contribution is 8.00. The van der Waals surface area contributed by atoms with Crippen LogP contribution in [-0.4, -0.2) is 11.2 Å². The van der Waals surface area contributed by atoms with E-state index in [0.29, 0.717) is 5.02 Å². The first kappa shape index (κ1) is 16.9. The Kier molecular flexibility index (Phi) is 5.92. The number of hydrogen-bond donors (Lipinski definition) is 1. The largest absolute Gasteiger partial charge is 0.325 e. The summed E-state index contributed by atoms with van der Waals surface area (Å²) < 4.78 is 0. The molecular weight excluding hydrogens is 314 g/mol. The summed E-state index contributed by atoms with van der Waals surface area (Å²) in [6.45, 7) is 6.08. The zero-order valence-electron chi connectivity index (χ0n) is 13.0. The number of carbonyl (C=O) groups is 1. The third kappa shape index (κ3) is 4.52. The summed E-state index contributed by atoms with van der Waals surface area (Å²) in [5.74, 6) is 0.0365. The first-order chi connectivity index (χ1) is 10.5. The number of halogens is 1. The van der Waals surface area contributed by atoms with Gasteiger partial charge in [0.15, 0.2) is 0 Å². The average Bonchev–Trinajstić information content (AvgIpc) is 2.49. The van der Waals surface area contributed by atoms with Crippen molar-refractivity contribution >= 4 is 35.0 Å². The van der Waals surface area contributed by atoms with Gasteiger partial charge in [0, 0.05) is 15.6 Å². The molecule has 0 aliphatic rings. The molecule has 0 radical (unpaired) electrons. The molecule has 4 heteroatoms. The Balaban J connectivity index is 2.06. The second-order valence-electron chi connectivity index (χ2n) is 5.28. The molecular formula is C18H20ClNOS. The van der Waals surface area contributed by atoms with Crippen molar-refractivity contribution in [1.29, 1.82) is 0 Å². The second-order valence-corrected chi connectivity index (χ2v) is 6.99. The van der Waals surface area contributed by atoms with E-state index in [9.17, 15) is 4.79 Å². The average molecular weight is 334 g/mol. The van der Waals surface area contributed by atoms with E-state index in [4.69, 9.17) is 11.6 Å². The Morgan fingerprint density at radius 3 is 2.45 bits per heavy atom. The smallest absolute Gasteiger partial charge is 0.237 e. The maximum absolute atomic E-state index is 12.5. The summed E-state index contributed by atoms with van der Waals surface area (Å²) in [6, 6.07) is 13.6. The molecule has 2 aromatic carbocycles. The summed E-state index contributed by atoms with van der Waals surface area (Å²) in [5, 5.41) is 3.62. The molecule has 0 aliphatic heterocycles. The molecule has 0 spiro atoms. The predicted molar refractivity (Wildman–Crippen MR) is 95.9 cm³/mol. The predicted octanol–water partition coefficient (Wildman–Crippen LogP) is 5.47. The number of nitrogens with one attached hydrogen (secondary N) is 1. The third-order valence-electron chi connectivity index (χ3n) is 3.39. The van der Waals surface area contributed by atoms with Crippen LogP contribution >= 0.6 is 23.4 Å². The molecule has 0 unspecified atom stereocenters. The molecule has 1 amide bonds. The molecule has 22 heavy (non-hydrogen) atoms. The fourth-order valence-corrected chi connectivity index (χ4v) is 3.25. The molecule has 0 saturated carbocycles. The van der Waals surface area contributed by atoms with Crippen LogP contribution in [0.1, 0.15) is 24.5 Å². The van der Waals surface area contributed by atoms with Crippen molar-refractivity contribution < 1.29 is 4.79 Å². The van der Waals surface area contributed by atoms with Crippen molar-refractivity contribution in [2.24, 2.45) is 0 Å². The van der Waals surface area contributed by atoms with Crippen molar-refractivity contribution in [2.45, 2.75) is 37.3 Å². The van der Waals surface area contributed by atoms with Crippen LogP contribution in [-0.2, 0) is 4.79 Å². The first-order valence-electron chi connectivity index (χ1n) is 7.30. The zero-order chi connectivity index (χ0) is 16.1. The lowest BCUT2D eigenvalue weighted by Crippen LogP contribution is -2.24. The minimum Gasteiger partial charge on any atom is -0.325 e. The number of anilines is 1. The Hall–Kier alpha value is -1.45. The van der Waals surface area contributed by atoms with Gasteiger partial charge in [-0.05, 0) is 56.2 Å². The third-order valence-corrected chi connectivity index (χ3v) is 5.02. The SMILES string of the molecule is CC[C@H](Sc1ccc(Cl)cc1)C(=O)Nc1ccc(C)cc1C. The molecule has 0 aliphatic carbocycles. The van der Waals surface area contributed by atoms with Crippen LogP contribution in [0.4, 0.5) is 5.69 Å². The number of hydrogen-bond acceptors (Lipinski definition) is 2. The van der Waals surface area contributed by atoms with Gasteiger partial charge >= 0.3 is 0 Å². The monoisotopic (exact) mass is 333 g/mol. The Morgan fingerprint density at radius 1 is 1.18 bits per heavy atom. The van der Waals surface area contributed by atoms with Crippen LogP contribution in [0.2, 0.25) is 5.02 Å². The van der Waals surface area contributed by atoms with Crippen molar-refractivity contribution in [3.8, 4) is 0 Å². The standard InChI is InChI=1S/C18H20ClNOS/c1-4-17(22-15-8-6-14(19)7-9-15)18(21)20-16-10-5-12(2)11-13(16)3/h5-11,17H,4H2,1-3H3,(H,20,21)/t17-/m0/s1. The molecule has 0 fully saturated rings. The lowest BCUT2D eigenvalue weighted by atomic mass is 10.1. The minimum absolute atomic E-state index is 0.0365. The van der Waals surface area contributed by atoms with E-state index < -0.39 is 0 Å². The summed E-state index contributed by atoms with van der Waals surface area (Å²) in [4.78, 5) is 13.5. The molecule has 0 aromatic heterocycles. The normalized spacial score (nSPS) is 12.0. The summed E-state index contributed by atoms with van der Waals surface area (Å²) >= 11 is 7.46. The van der Waals surface area contributed by atoms with Gasteiger partial charge in [0.05, 0.1) is 5.25 Å². The molecule has 2 aromatic rings. The van der Waals surface area contributed by atoms with E-state index in [1.807, 2.05) is 57.2 Å². The van der Waals surface area contributed by atoms with Gasteiger partial charge < -0.3 is 5.32 Å². The van der Waals surface area contributed by atoms with Crippen LogP contribution in [0.5, 0.6) is 0 Å². The molecule has 0 saturated heterocycles. The number of benzene rings is 2. The molecule has 0 bridgehead atoms. The highest BCUT2D eigenvalue weighted by atomic mass is 35.5. The van der Waals surface area contributed by atoms with Gasteiger partial charge in [-0.1, -0.05) is 36.2 Å². The van der Waals surface area contributed by atoms with Gasteiger partial charge in [0.1, 0.15) is 0 Å². The fourth-order valence-electron chi connectivity index (χ4n) is 2.17. The maximum Gasteiger partial charge on any atom is 0.237 e. The van der Waals surface area contributed by atoms with Crippen LogP contribution in [0.25, 0.3) is 0 Å². The van der Waals surface area contributed by atoms with E-state index in [2.05, 4.69) is 11.4 Å². The van der Waals surface area contributed by atoms with E-state index in [0.717, 1.165) is 22.6 Å². The quantitative estimate of drug-likeness (QED) is 0.735. The molecule has 1 N–H and O–H groups in total. The molecule has 0 heterocycles. The topological polar surface area (TPSA) is 29.1 Å². The van der Waals surface area contributed by atoms with E-state index in [-0.39, 0.29) is 11.2 Å². The van der Waals surface area contributed by atoms with Gasteiger partial charge in [0.25, 0.3) is 0 Å². The maximum atomic E-state index is 12.5. The van der Waals surface area contributed by atoms with Gasteiger partial charge in [-0.15, -0.1) is 11.8 Å².